The average molecular weight is 733 g/mol. The standard InChI is InChI=1S/C40H78NO8P/c1-6-8-10-12-14-16-18-19-20-21-23-25-27-29-31-33-40(43)49-38(37-48-50(44,45)47-35-34-41(3,4)5)36-46-39(42)32-30-28-26-24-22-17-15-13-11-9-7-2/h19-20,38H,6-18,21-37H2,1-5H3/p+1/b20-19-/t38-/m0/s1. The first-order valence-electron chi connectivity index (χ1n) is 20.4. The van der Waals surface area contributed by atoms with Crippen LogP contribution < -0.4 is 0 Å². The van der Waals surface area contributed by atoms with Crippen molar-refractivity contribution in [3.63, 3.8) is 0 Å². The molecule has 0 aliphatic heterocycles. The minimum absolute atomic E-state index is 0.0329. The number of nitrogens with zero attached hydrogens (tertiary/aromatic N) is 1. The van der Waals surface area contributed by atoms with Crippen molar-refractivity contribution in [1.82, 2.24) is 0 Å². The van der Waals surface area contributed by atoms with Crippen molar-refractivity contribution >= 4 is 19.8 Å². The first-order chi connectivity index (χ1) is 24.0. The molecule has 0 saturated carbocycles. The number of esters is 2. The van der Waals surface area contributed by atoms with E-state index in [1.54, 1.807) is 0 Å². The van der Waals surface area contributed by atoms with Crippen LogP contribution in [-0.4, -0.2) is 74.9 Å². The number of unbranched alkanes of at least 4 members (excludes halogenated alkanes) is 21. The molecular formula is C40H79NO8P+. The van der Waals surface area contributed by atoms with E-state index in [-0.39, 0.29) is 25.6 Å². The van der Waals surface area contributed by atoms with Crippen LogP contribution in [-0.2, 0) is 32.7 Å². The summed E-state index contributed by atoms with van der Waals surface area (Å²) in [6.45, 7) is 4.40. The highest BCUT2D eigenvalue weighted by atomic mass is 31.2. The van der Waals surface area contributed by atoms with Gasteiger partial charge < -0.3 is 18.9 Å². The van der Waals surface area contributed by atoms with Crippen LogP contribution in [0.4, 0.5) is 0 Å². The van der Waals surface area contributed by atoms with Crippen LogP contribution in [0.3, 0.4) is 0 Å². The molecule has 0 aliphatic carbocycles. The number of allylic oxidation sites excluding steroid dienone is 2. The fourth-order valence-corrected chi connectivity index (χ4v) is 6.28. The van der Waals surface area contributed by atoms with E-state index in [0.717, 1.165) is 51.4 Å². The fourth-order valence-electron chi connectivity index (χ4n) is 5.54. The topological polar surface area (TPSA) is 108 Å². The number of phosphoric ester groups is 1. The van der Waals surface area contributed by atoms with Gasteiger partial charge in [0.15, 0.2) is 6.10 Å². The van der Waals surface area contributed by atoms with Crippen LogP contribution in [0.15, 0.2) is 12.2 Å². The second-order valence-corrected chi connectivity index (χ2v) is 16.5. The maximum atomic E-state index is 12.6. The molecule has 10 heteroatoms. The predicted octanol–water partition coefficient (Wildman–Crippen LogP) is 11.0. The first-order valence-corrected chi connectivity index (χ1v) is 21.9. The van der Waals surface area contributed by atoms with Crippen molar-refractivity contribution in [3.05, 3.63) is 12.2 Å². The Kier molecular flexibility index (Phi) is 32.7. The number of likely N-dealkylation sites (N-methyl/N-ethyl adjacent to an activating group) is 1. The Morgan fingerprint density at radius 3 is 1.48 bits per heavy atom. The van der Waals surface area contributed by atoms with Crippen LogP contribution in [0.5, 0.6) is 0 Å². The Hall–Kier alpha value is -1.25. The molecule has 9 nitrogen and oxygen atoms in total. The van der Waals surface area contributed by atoms with Gasteiger partial charge in [-0.1, -0.05) is 142 Å². The third-order valence-electron chi connectivity index (χ3n) is 8.80. The van der Waals surface area contributed by atoms with Gasteiger partial charge >= 0.3 is 19.8 Å². The lowest BCUT2D eigenvalue weighted by atomic mass is 10.1. The van der Waals surface area contributed by atoms with E-state index in [1.807, 2.05) is 21.1 Å². The molecule has 0 fully saturated rings. The average Bonchev–Trinajstić information content (AvgIpc) is 3.06. The monoisotopic (exact) mass is 733 g/mol. The van der Waals surface area contributed by atoms with E-state index in [9.17, 15) is 19.0 Å². The molecule has 2 atom stereocenters. The fraction of sp³-hybridized carbons (Fsp3) is 0.900. The largest absolute Gasteiger partial charge is 0.472 e. The number of hydrogen-bond acceptors (Lipinski definition) is 7. The van der Waals surface area contributed by atoms with Crippen molar-refractivity contribution < 1.29 is 42.1 Å². The summed E-state index contributed by atoms with van der Waals surface area (Å²) in [7, 11) is 1.48. The summed E-state index contributed by atoms with van der Waals surface area (Å²) in [5.74, 6) is -0.804. The van der Waals surface area contributed by atoms with E-state index in [1.165, 1.54) is 96.3 Å². The molecule has 0 aromatic carbocycles. The number of carbonyl (C=O) groups excluding carboxylic acids is 2. The van der Waals surface area contributed by atoms with Crippen molar-refractivity contribution in [2.75, 3.05) is 47.5 Å². The summed E-state index contributed by atoms with van der Waals surface area (Å²) in [4.78, 5) is 35.2. The lowest BCUT2D eigenvalue weighted by molar-refractivity contribution is -0.870. The molecule has 296 valence electrons. The van der Waals surface area contributed by atoms with E-state index in [0.29, 0.717) is 23.9 Å². The van der Waals surface area contributed by atoms with Gasteiger partial charge in [0.25, 0.3) is 0 Å². The number of carbonyl (C=O) groups is 2. The second-order valence-electron chi connectivity index (χ2n) is 15.0. The van der Waals surface area contributed by atoms with Crippen molar-refractivity contribution in [1.29, 1.82) is 0 Å². The van der Waals surface area contributed by atoms with E-state index in [2.05, 4.69) is 26.0 Å². The van der Waals surface area contributed by atoms with E-state index in [4.69, 9.17) is 18.5 Å². The van der Waals surface area contributed by atoms with Gasteiger partial charge in [-0.25, -0.2) is 4.57 Å². The van der Waals surface area contributed by atoms with Gasteiger partial charge in [0.1, 0.15) is 19.8 Å². The quantitative estimate of drug-likeness (QED) is 0.0221. The number of hydrogen-bond donors (Lipinski definition) is 1. The van der Waals surface area contributed by atoms with Crippen LogP contribution in [0.2, 0.25) is 0 Å². The van der Waals surface area contributed by atoms with Crippen LogP contribution in [0, 0.1) is 0 Å². The molecule has 0 spiro atoms. The van der Waals surface area contributed by atoms with Gasteiger partial charge in [0, 0.05) is 12.8 Å². The molecule has 0 aromatic heterocycles. The van der Waals surface area contributed by atoms with Crippen molar-refractivity contribution in [2.24, 2.45) is 0 Å². The Morgan fingerprint density at radius 1 is 0.600 bits per heavy atom. The number of phosphoric acid groups is 1. The Morgan fingerprint density at radius 2 is 1.02 bits per heavy atom. The minimum Gasteiger partial charge on any atom is -0.462 e. The summed E-state index contributed by atoms with van der Waals surface area (Å²) < 4.78 is 34.2. The molecule has 1 unspecified atom stereocenters. The van der Waals surface area contributed by atoms with Gasteiger partial charge in [-0.2, -0.15) is 0 Å². The zero-order chi connectivity index (χ0) is 37.2. The van der Waals surface area contributed by atoms with Gasteiger partial charge in [-0.15, -0.1) is 0 Å². The third kappa shape index (κ3) is 36.5. The predicted molar refractivity (Wildman–Crippen MR) is 206 cm³/mol. The Labute approximate surface area is 307 Å². The molecule has 50 heavy (non-hydrogen) atoms. The summed E-state index contributed by atoms with van der Waals surface area (Å²) in [6, 6.07) is 0. The lowest BCUT2D eigenvalue weighted by Crippen LogP contribution is -2.37. The maximum absolute atomic E-state index is 12.6. The smallest absolute Gasteiger partial charge is 0.462 e. The first kappa shape index (κ1) is 48.8. The van der Waals surface area contributed by atoms with Crippen molar-refractivity contribution in [2.45, 2.75) is 187 Å². The molecule has 0 rings (SSSR count). The number of ether oxygens (including phenoxy) is 2. The molecule has 0 bridgehead atoms. The van der Waals surface area contributed by atoms with Gasteiger partial charge in [-0.05, 0) is 38.5 Å². The second kappa shape index (κ2) is 33.6. The lowest BCUT2D eigenvalue weighted by Gasteiger charge is -2.24. The molecule has 0 radical (unpaired) electrons. The molecule has 0 aliphatic rings. The van der Waals surface area contributed by atoms with Gasteiger partial charge in [0.05, 0.1) is 27.7 Å². The number of rotatable bonds is 37. The zero-order valence-corrected chi connectivity index (χ0v) is 34.0. The molecule has 0 aromatic rings. The molecule has 1 N–H and O–H groups in total. The van der Waals surface area contributed by atoms with E-state index < -0.39 is 26.5 Å². The minimum atomic E-state index is -4.36. The van der Waals surface area contributed by atoms with Gasteiger partial charge in [0.2, 0.25) is 0 Å². The molecule has 0 saturated heterocycles. The Bertz CT molecular complexity index is 876. The molecule has 0 heterocycles. The number of quaternary nitrogens is 1. The maximum Gasteiger partial charge on any atom is 0.472 e. The van der Waals surface area contributed by atoms with Crippen LogP contribution in [0.1, 0.15) is 181 Å². The highest BCUT2D eigenvalue weighted by Gasteiger charge is 2.27. The summed E-state index contributed by atoms with van der Waals surface area (Å²) in [6.07, 6.45) is 32.5. The highest BCUT2D eigenvalue weighted by molar-refractivity contribution is 7.47. The summed E-state index contributed by atoms with van der Waals surface area (Å²) in [5, 5.41) is 0. The molecule has 0 amide bonds. The zero-order valence-electron chi connectivity index (χ0n) is 33.1. The van der Waals surface area contributed by atoms with Crippen LogP contribution in [0.25, 0.3) is 0 Å². The van der Waals surface area contributed by atoms with E-state index >= 15 is 0 Å². The SMILES string of the molecule is CCCCCCCC/C=C\CCCCCCCC(=O)O[C@@H](COC(=O)CCCCCCCCCCCCC)COP(=O)(O)OCC[N+](C)(C)C. The molecular weight excluding hydrogens is 653 g/mol. The summed E-state index contributed by atoms with van der Waals surface area (Å²) in [5.41, 5.74) is 0. The van der Waals surface area contributed by atoms with Crippen LogP contribution >= 0.6 is 7.82 Å². The Balaban J connectivity index is 4.40. The van der Waals surface area contributed by atoms with Gasteiger partial charge in [-0.3, -0.25) is 18.6 Å². The third-order valence-corrected chi connectivity index (χ3v) is 9.78. The summed E-state index contributed by atoms with van der Waals surface area (Å²) >= 11 is 0. The highest BCUT2D eigenvalue weighted by Crippen LogP contribution is 2.43. The normalized spacial score (nSPS) is 13.8. The van der Waals surface area contributed by atoms with Crippen molar-refractivity contribution in [3.8, 4) is 0 Å².